The normalized spacial score (nSPS) is 18.3. The molecule has 4 heterocycles. The van der Waals surface area contributed by atoms with E-state index in [1.165, 1.54) is 35.4 Å². The number of alkyl halides is 2. The molecule has 0 N–H and O–H groups in total. The van der Waals surface area contributed by atoms with Crippen molar-refractivity contribution < 1.29 is 27.2 Å². The Kier molecular flexibility index (Phi) is 5.75. The van der Waals surface area contributed by atoms with E-state index in [9.17, 15) is 22.8 Å². The van der Waals surface area contributed by atoms with Crippen LogP contribution in [-0.4, -0.2) is 62.6 Å². The molecule has 2 aliphatic heterocycles. The van der Waals surface area contributed by atoms with Crippen LogP contribution in [0.1, 0.15) is 30.9 Å². The second-order valence-electron chi connectivity index (χ2n) is 8.61. The molecule has 3 amide bonds. The molecule has 1 aromatic carbocycles. The number of hydrogen-bond donors (Lipinski definition) is 0. The summed E-state index contributed by atoms with van der Waals surface area (Å²) in [5, 5.41) is 6.87. The van der Waals surface area contributed by atoms with E-state index in [1.807, 2.05) is 7.05 Å². The van der Waals surface area contributed by atoms with Gasteiger partial charge in [0, 0.05) is 25.0 Å². The fraction of sp³-hybridized carbons (Fsp3) is 0.348. The minimum Gasteiger partial charge on any atom is -0.415 e. The number of amides is 3. The summed E-state index contributed by atoms with van der Waals surface area (Å²) in [7, 11) is 1.94. The van der Waals surface area contributed by atoms with Crippen LogP contribution in [0.5, 0.6) is 0 Å². The van der Waals surface area contributed by atoms with Crippen LogP contribution >= 0.6 is 0 Å². The van der Waals surface area contributed by atoms with Crippen molar-refractivity contribution in [1.82, 2.24) is 25.0 Å². The first-order valence-corrected chi connectivity index (χ1v) is 11.0. The number of benzene rings is 1. The van der Waals surface area contributed by atoms with Gasteiger partial charge >= 0.3 is 12.5 Å². The van der Waals surface area contributed by atoms with Crippen LogP contribution in [0.4, 0.5) is 23.7 Å². The zero-order valence-corrected chi connectivity index (χ0v) is 18.7. The number of urea groups is 1. The van der Waals surface area contributed by atoms with Gasteiger partial charge in [-0.25, -0.2) is 9.18 Å². The monoisotopic (exact) mass is 486 g/mol. The molecule has 0 saturated carbocycles. The highest BCUT2D eigenvalue weighted by Crippen LogP contribution is 2.41. The van der Waals surface area contributed by atoms with Crippen molar-refractivity contribution in [1.29, 1.82) is 0 Å². The molecule has 0 radical (unpaired) electrons. The summed E-state index contributed by atoms with van der Waals surface area (Å²) in [6.45, 7) is 1.11. The molecule has 2 fully saturated rings. The first-order chi connectivity index (χ1) is 16.8. The lowest BCUT2D eigenvalue weighted by Gasteiger charge is -2.41. The van der Waals surface area contributed by atoms with Gasteiger partial charge in [0.25, 0.3) is 11.8 Å². The van der Waals surface area contributed by atoms with E-state index < -0.39 is 29.7 Å². The summed E-state index contributed by atoms with van der Waals surface area (Å²) in [6, 6.07) is 8.19. The number of anilines is 1. The predicted octanol–water partition coefficient (Wildman–Crippen LogP) is 3.64. The van der Waals surface area contributed by atoms with Crippen LogP contribution in [0.3, 0.4) is 0 Å². The largest absolute Gasteiger partial charge is 0.415 e. The summed E-state index contributed by atoms with van der Waals surface area (Å²) in [6.07, 6.45) is -0.712. The molecule has 2 aliphatic rings. The number of rotatable bonds is 5. The van der Waals surface area contributed by atoms with Gasteiger partial charge < -0.3 is 9.32 Å². The lowest BCUT2D eigenvalue weighted by Crippen LogP contribution is -2.56. The third-order valence-electron chi connectivity index (χ3n) is 6.39. The van der Waals surface area contributed by atoms with Crippen LogP contribution in [0.15, 0.2) is 47.0 Å². The number of carbonyl (C=O) groups excluding carboxylic acids is 2. The number of aromatic nitrogens is 3. The zero-order valence-electron chi connectivity index (χ0n) is 18.7. The second-order valence-corrected chi connectivity index (χ2v) is 8.61. The van der Waals surface area contributed by atoms with Gasteiger partial charge in [0.1, 0.15) is 11.4 Å². The topological polar surface area (TPSA) is 95.7 Å². The summed E-state index contributed by atoms with van der Waals surface area (Å²) in [5.41, 5.74) is -0.0641. The number of pyridine rings is 1. The summed E-state index contributed by atoms with van der Waals surface area (Å²) in [5.74, 6) is -1.77. The van der Waals surface area contributed by atoms with Gasteiger partial charge in [-0.3, -0.25) is 19.6 Å². The summed E-state index contributed by atoms with van der Waals surface area (Å²) in [4.78, 5) is 36.0. The molecule has 0 aliphatic carbocycles. The Labute approximate surface area is 198 Å². The summed E-state index contributed by atoms with van der Waals surface area (Å²) < 4.78 is 44.3. The van der Waals surface area contributed by atoms with Gasteiger partial charge in [-0.1, -0.05) is 6.07 Å². The Morgan fingerprint density at radius 1 is 1.11 bits per heavy atom. The van der Waals surface area contributed by atoms with Crippen LogP contribution in [0, 0.1) is 5.82 Å². The smallest absolute Gasteiger partial charge is 0.332 e. The van der Waals surface area contributed by atoms with Gasteiger partial charge in [-0.05, 0) is 50.2 Å². The van der Waals surface area contributed by atoms with Crippen molar-refractivity contribution in [2.24, 2.45) is 0 Å². The van der Waals surface area contributed by atoms with Gasteiger partial charge in [-0.2, -0.15) is 8.78 Å². The van der Waals surface area contributed by atoms with E-state index in [0.29, 0.717) is 42.9 Å². The lowest BCUT2D eigenvalue weighted by molar-refractivity contribution is -0.132. The number of carbonyl (C=O) groups is 2. The average Bonchev–Trinajstić information content (AvgIpc) is 3.41. The molecular formula is C23H21F3N6O3. The Morgan fingerprint density at radius 2 is 1.89 bits per heavy atom. The van der Waals surface area contributed by atoms with Crippen molar-refractivity contribution in [3.63, 3.8) is 0 Å². The number of imide groups is 1. The SMILES string of the molecule is CN1CCC2(CC1)C(=O)N(Cc1ccc(-c3nnc(C(F)F)o3)cn1)C(=O)N2c1cccc(F)c1. The van der Waals surface area contributed by atoms with E-state index >= 15 is 0 Å². The maximum atomic E-state index is 14.0. The van der Waals surface area contributed by atoms with E-state index in [-0.39, 0.29) is 18.3 Å². The molecule has 3 aromatic rings. The molecule has 1 spiro atoms. The molecule has 0 bridgehead atoms. The molecule has 5 rings (SSSR count). The highest BCUT2D eigenvalue weighted by atomic mass is 19.3. The van der Waals surface area contributed by atoms with Crippen LogP contribution < -0.4 is 4.90 Å². The highest BCUT2D eigenvalue weighted by molar-refractivity contribution is 6.16. The van der Waals surface area contributed by atoms with Gasteiger partial charge in [0.2, 0.25) is 5.89 Å². The molecule has 12 heteroatoms. The maximum Gasteiger partial charge on any atom is 0.332 e. The Hall–Kier alpha value is -3.80. The Morgan fingerprint density at radius 3 is 2.51 bits per heavy atom. The summed E-state index contributed by atoms with van der Waals surface area (Å²) >= 11 is 0. The molecule has 182 valence electrons. The maximum absolute atomic E-state index is 14.0. The highest BCUT2D eigenvalue weighted by Gasteiger charge is 2.58. The Balaban J connectivity index is 1.42. The van der Waals surface area contributed by atoms with Crippen molar-refractivity contribution in [2.45, 2.75) is 31.4 Å². The zero-order chi connectivity index (χ0) is 24.7. The fourth-order valence-corrected chi connectivity index (χ4v) is 4.52. The molecular weight excluding hydrogens is 465 g/mol. The van der Waals surface area contributed by atoms with E-state index in [0.717, 1.165) is 4.90 Å². The number of nitrogens with zero attached hydrogens (tertiary/aromatic N) is 6. The second kappa shape index (κ2) is 8.77. The van der Waals surface area contributed by atoms with Crippen molar-refractivity contribution >= 4 is 17.6 Å². The molecule has 2 saturated heterocycles. The minimum atomic E-state index is -2.89. The first kappa shape index (κ1) is 23.0. The van der Waals surface area contributed by atoms with E-state index in [4.69, 9.17) is 4.42 Å². The lowest BCUT2D eigenvalue weighted by atomic mass is 9.85. The van der Waals surface area contributed by atoms with Crippen LogP contribution in [-0.2, 0) is 11.3 Å². The van der Waals surface area contributed by atoms with Crippen molar-refractivity contribution in [2.75, 3.05) is 25.0 Å². The third kappa shape index (κ3) is 4.03. The Bertz CT molecular complexity index is 1260. The van der Waals surface area contributed by atoms with Crippen molar-refractivity contribution in [3.8, 4) is 11.5 Å². The molecule has 35 heavy (non-hydrogen) atoms. The molecule has 9 nitrogen and oxygen atoms in total. The molecule has 2 aromatic heterocycles. The van der Waals surface area contributed by atoms with Gasteiger partial charge in [0.05, 0.1) is 17.8 Å². The first-order valence-electron chi connectivity index (χ1n) is 11.0. The van der Waals surface area contributed by atoms with Crippen molar-refractivity contribution in [3.05, 3.63) is 60.0 Å². The fourth-order valence-electron chi connectivity index (χ4n) is 4.52. The number of likely N-dealkylation sites (tertiary alicyclic amines) is 1. The van der Waals surface area contributed by atoms with Crippen LogP contribution in [0.2, 0.25) is 0 Å². The number of halogens is 3. The van der Waals surface area contributed by atoms with Gasteiger partial charge in [-0.15, -0.1) is 10.2 Å². The average molecular weight is 486 g/mol. The number of hydrogen-bond acceptors (Lipinski definition) is 7. The van der Waals surface area contributed by atoms with Gasteiger partial charge in [0.15, 0.2) is 0 Å². The number of piperidine rings is 1. The minimum absolute atomic E-state index is 0.104. The van der Waals surface area contributed by atoms with Crippen LogP contribution in [0.25, 0.3) is 11.5 Å². The molecule has 0 atom stereocenters. The van der Waals surface area contributed by atoms with E-state index in [1.54, 1.807) is 12.1 Å². The standard InChI is InChI=1S/C23H21F3N6O3/c1-30-9-7-23(8-10-30)21(33)31(22(34)32(23)17-4-2-3-15(24)11-17)13-16-6-5-14(12-27-16)19-28-29-20(35-19)18(25)26/h2-6,11-12,18H,7-10,13H2,1H3. The predicted molar refractivity (Wildman–Crippen MR) is 117 cm³/mol. The van der Waals surface area contributed by atoms with E-state index in [2.05, 4.69) is 20.1 Å². The third-order valence-corrected chi connectivity index (χ3v) is 6.39. The quantitative estimate of drug-likeness (QED) is 0.508. The molecule has 0 unspecified atom stereocenters.